The van der Waals surface area contributed by atoms with Crippen LogP contribution in [0.1, 0.15) is 23.8 Å². The van der Waals surface area contributed by atoms with Crippen LogP contribution in [-0.2, 0) is 15.2 Å². The molecule has 0 saturated heterocycles. The third kappa shape index (κ3) is 3.54. The van der Waals surface area contributed by atoms with Gasteiger partial charge in [0.05, 0.1) is 12.3 Å². The largest absolute Gasteiger partial charge is 0.285 e. The summed E-state index contributed by atoms with van der Waals surface area (Å²) in [5.74, 6) is 0. The van der Waals surface area contributed by atoms with Gasteiger partial charge in [-0.1, -0.05) is 0 Å². The first-order chi connectivity index (χ1) is 7.05. The number of aromatic nitrogens is 2. The fourth-order valence-corrected chi connectivity index (χ4v) is 2.12. The first kappa shape index (κ1) is 12.0. The van der Waals surface area contributed by atoms with Gasteiger partial charge >= 0.3 is 0 Å². The van der Waals surface area contributed by atoms with Crippen molar-refractivity contribution in [2.75, 3.05) is 6.61 Å². The highest BCUT2D eigenvalue weighted by Crippen LogP contribution is 2.24. The fourth-order valence-electron chi connectivity index (χ4n) is 1.21. The Kier molecular flexibility index (Phi) is 4.13. The molecule has 7 heteroatoms. The van der Waals surface area contributed by atoms with Gasteiger partial charge in [0.2, 0.25) is 0 Å². The van der Waals surface area contributed by atoms with Crippen molar-refractivity contribution in [3.8, 4) is 0 Å². The molecule has 1 aromatic rings. The van der Waals surface area contributed by atoms with Crippen molar-refractivity contribution < 1.29 is 18.1 Å². The molecule has 1 aromatic heterocycles. The quantitative estimate of drug-likeness (QED) is 0.748. The molecular formula is C8H11N2O4S. The highest BCUT2D eigenvalue weighted by Gasteiger charge is 2.25. The lowest BCUT2D eigenvalue weighted by atomic mass is 10.2. The van der Waals surface area contributed by atoms with Crippen LogP contribution in [0.25, 0.3) is 0 Å². The molecule has 0 aliphatic heterocycles. The summed E-state index contributed by atoms with van der Waals surface area (Å²) < 4.78 is 31.0. The molecule has 0 aliphatic carbocycles. The molecule has 83 valence electrons. The van der Waals surface area contributed by atoms with E-state index in [0.717, 1.165) is 0 Å². The van der Waals surface area contributed by atoms with Crippen LogP contribution in [0.15, 0.2) is 18.6 Å². The van der Waals surface area contributed by atoms with E-state index in [2.05, 4.69) is 9.97 Å². The van der Waals surface area contributed by atoms with Crippen molar-refractivity contribution in [2.45, 2.75) is 18.1 Å². The molecule has 1 N–H and O–H groups in total. The Hall–Kier alpha value is -1.05. The van der Waals surface area contributed by atoms with Crippen LogP contribution >= 0.6 is 0 Å². The summed E-state index contributed by atoms with van der Waals surface area (Å²) in [6.45, 7) is -0.378. The van der Waals surface area contributed by atoms with Gasteiger partial charge in [0.15, 0.2) is 0 Å². The minimum Gasteiger partial charge on any atom is -0.285 e. The van der Waals surface area contributed by atoms with Crippen molar-refractivity contribution >= 4 is 10.1 Å². The minimum absolute atomic E-state index is 0.0688. The summed E-state index contributed by atoms with van der Waals surface area (Å²) >= 11 is 0. The monoisotopic (exact) mass is 231 g/mol. The van der Waals surface area contributed by atoms with E-state index in [1.807, 2.05) is 0 Å². The van der Waals surface area contributed by atoms with Gasteiger partial charge < -0.3 is 0 Å². The maximum atomic E-state index is 11.0. The normalized spacial score (nSPS) is 13.7. The minimum atomic E-state index is -4.22. The zero-order valence-corrected chi connectivity index (χ0v) is 8.72. The number of hydrogen-bond acceptors (Lipinski definition) is 4. The Bertz CT molecular complexity index is 392. The summed E-state index contributed by atoms with van der Waals surface area (Å²) in [6, 6.07) is 1.41. The highest BCUT2D eigenvalue weighted by atomic mass is 32.2. The van der Waals surface area contributed by atoms with Crippen LogP contribution in [0.4, 0.5) is 0 Å². The second kappa shape index (κ2) is 5.15. The first-order valence-corrected chi connectivity index (χ1v) is 5.86. The summed E-state index contributed by atoms with van der Waals surface area (Å²) in [4.78, 5) is 7.39. The maximum Gasteiger partial charge on any atom is 0.273 e. The smallest absolute Gasteiger partial charge is 0.273 e. The zero-order chi connectivity index (χ0) is 11.3. The molecule has 1 atom stereocenters. The van der Waals surface area contributed by atoms with Gasteiger partial charge in [-0.2, -0.15) is 8.42 Å². The third-order valence-electron chi connectivity index (χ3n) is 1.90. The third-order valence-corrected chi connectivity index (χ3v) is 3.10. The van der Waals surface area contributed by atoms with Gasteiger partial charge in [-0.05, 0) is 18.9 Å². The number of hydrogen-bond donors (Lipinski definition) is 1. The van der Waals surface area contributed by atoms with Crippen LogP contribution in [-0.4, -0.2) is 29.5 Å². The lowest BCUT2D eigenvalue weighted by Crippen LogP contribution is -2.14. The van der Waals surface area contributed by atoms with Crippen LogP contribution in [0.2, 0.25) is 0 Å². The molecule has 0 saturated carbocycles. The predicted molar refractivity (Wildman–Crippen MR) is 51.1 cm³/mol. The molecule has 1 heterocycles. The molecule has 0 fully saturated rings. The molecule has 0 aliphatic rings. The molecular weight excluding hydrogens is 220 g/mol. The van der Waals surface area contributed by atoms with Gasteiger partial charge in [-0.25, -0.2) is 15.1 Å². The van der Waals surface area contributed by atoms with Gasteiger partial charge in [0.1, 0.15) is 11.6 Å². The number of rotatable bonds is 5. The molecule has 0 amide bonds. The second-order valence-corrected chi connectivity index (χ2v) is 4.58. The van der Waals surface area contributed by atoms with Gasteiger partial charge in [0, 0.05) is 6.20 Å². The summed E-state index contributed by atoms with van der Waals surface area (Å²) in [5, 5.41) is 9.15. The molecule has 6 nitrogen and oxygen atoms in total. The second-order valence-electron chi connectivity index (χ2n) is 2.98. The first-order valence-electron chi connectivity index (χ1n) is 4.36. The van der Waals surface area contributed by atoms with E-state index >= 15 is 0 Å². The van der Waals surface area contributed by atoms with Gasteiger partial charge in [-0.15, -0.1) is 0 Å². The Morgan fingerprint density at radius 3 is 2.67 bits per heavy atom. The summed E-state index contributed by atoms with van der Waals surface area (Å²) in [5.41, 5.74) is 0.209. The van der Waals surface area contributed by atoms with Crippen molar-refractivity contribution in [1.82, 2.24) is 9.97 Å². The Balaban J connectivity index is 2.92. The van der Waals surface area contributed by atoms with Crippen LogP contribution in [0.3, 0.4) is 0 Å². The zero-order valence-electron chi connectivity index (χ0n) is 7.91. The van der Waals surface area contributed by atoms with Crippen LogP contribution < -0.4 is 0 Å². The average molecular weight is 231 g/mol. The lowest BCUT2D eigenvalue weighted by Gasteiger charge is -2.11. The van der Waals surface area contributed by atoms with E-state index < -0.39 is 15.4 Å². The van der Waals surface area contributed by atoms with E-state index in [9.17, 15) is 13.5 Å². The highest BCUT2D eigenvalue weighted by molar-refractivity contribution is 7.86. The van der Waals surface area contributed by atoms with Crippen LogP contribution in [0, 0.1) is 0 Å². The van der Waals surface area contributed by atoms with Crippen molar-refractivity contribution in [3.63, 3.8) is 0 Å². The molecule has 1 unspecified atom stereocenters. The number of nitrogens with zero attached hydrogens (tertiary/aromatic N) is 2. The molecule has 1 radical (unpaired) electrons. The van der Waals surface area contributed by atoms with E-state index in [0.29, 0.717) is 0 Å². The summed E-state index contributed by atoms with van der Waals surface area (Å²) in [6.07, 6.45) is 2.83. The van der Waals surface area contributed by atoms with Crippen molar-refractivity contribution in [2.24, 2.45) is 0 Å². The SMILES string of the molecule is [O]CCCC(c1ccncn1)S(=O)(=O)O. The van der Waals surface area contributed by atoms with Crippen LogP contribution in [0.5, 0.6) is 0 Å². The molecule has 0 spiro atoms. The fraction of sp³-hybridized carbons (Fsp3) is 0.500. The summed E-state index contributed by atoms with van der Waals surface area (Å²) in [7, 11) is -4.22. The topological polar surface area (TPSA) is 100 Å². The molecule has 1 rings (SSSR count). The Morgan fingerprint density at radius 1 is 1.47 bits per heavy atom. The van der Waals surface area contributed by atoms with E-state index in [4.69, 9.17) is 4.55 Å². The molecule has 0 aromatic carbocycles. The predicted octanol–water partition coefficient (Wildman–Crippen LogP) is 0.616. The van der Waals surface area contributed by atoms with E-state index in [1.165, 1.54) is 18.6 Å². The maximum absolute atomic E-state index is 11.0. The van der Waals surface area contributed by atoms with Gasteiger partial charge in [-0.3, -0.25) is 4.55 Å². The van der Waals surface area contributed by atoms with Crippen molar-refractivity contribution in [3.05, 3.63) is 24.3 Å². The van der Waals surface area contributed by atoms with E-state index in [-0.39, 0.29) is 25.1 Å². The lowest BCUT2D eigenvalue weighted by molar-refractivity contribution is 0.186. The molecule has 0 bridgehead atoms. The Labute approximate surface area is 87.8 Å². The van der Waals surface area contributed by atoms with E-state index in [1.54, 1.807) is 0 Å². The molecule has 15 heavy (non-hydrogen) atoms. The van der Waals surface area contributed by atoms with Gasteiger partial charge in [0.25, 0.3) is 10.1 Å². The standard InChI is InChI=1S/C8H11N2O4S/c11-5-1-2-8(15(12,13)14)7-3-4-9-6-10-7/h3-4,6,8H,1-2,5H2,(H,12,13,14). The average Bonchev–Trinajstić information content (AvgIpc) is 2.18. The Morgan fingerprint density at radius 2 is 2.20 bits per heavy atom. The van der Waals surface area contributed by atoms with Crippen molar-refractivity contribution in [1.29, 1.82) is 0 Å².